The number of carbonyl (C=O) groups is 1. The standard InChI is InChI=1S/C22H26N2O5/c1-3-20(16-4-7-19(28-2)8-5-16)29-13-12-23-15-17(6-9-21(23)26)24-11-10-18(25)14-22(24)27/h3-9,15,18,25H,10-14H2,1-2H3/b20-3+. The van der Waals surface area contributed by atoms with Crippen LogP contribution in [0.4, 0.5) is 5.69 Å². The lowest BCUT2D eigenvalue weighted by molar-refractivity contribution is -0.122. The van der Waals surface area contributed by atoms with Crippen molar-refractivity contribution >= 4 is 17.4 Å². The summed E-state index contributed by atoms with van der Waals surface area (Å²) in [4.78, 5) is 26.0. The number of nitrogens with zero attached hydrogens (tertiary/aromatic N) is 2. The number of allylic oxidation sites excluding steroid dienone is 1. The van der Waals surface area contributed by atoms with Crippen LogP contribution in [0.25, 0.3) is 5.76 Å². The highest BCUT2D eigenvalue weighted by atomic mass is 16.5. The molecule has 1 fully saturated rings. The largest absolute Gasteiger partial charge is 0.497 e. The third-order valence-electron chi connectivity index (χ3n) is 4.90. The monoisotopic (exact) mass is 398 g/mol. The average molecular weight is 398 g/mol. The number of benzene rings is 1. The summed E-state index contributed by atoms with van der Waals surface area (Å²) in [7, 11) is 1.62. The third kappa shape index (κ3) is 5.06. The lowest BCUT2D eigenvalue weighted by Gasteiger charge is -2.29. The van der Waals surface area contributed by atoms with E-state index >= 15 is 0 Å². The van der Waals surface area contributed by atoms with Gasteiger partial charge in [-0.15, -0.1) is 0 Å². The molecule has 1 N–H and O–H groups in total. The van der Waals surface area contributed by atoms with Crippen molar-refractivity contribution in [3.05, 3.63) is 64.6 Å². The number of amides is 1. The van der Waals surface area contributed by atoms with Crippen molar-refractivity contribution in [2.45, 2.75) is 32.4 Å². The second-order valence-corrected chi connectivity index (χ2v) is 6.84. The predicted molar refractivity (Wildman–Crippen MR) is 111 cm³/mol. The molecule has 2 aromatic rings. The van der Waals surface area contributed by atoms with E-state index in [9.17, 15) is 14.7 Å². The number of carbonyl (C=O) groups excluding carboxylic acids is 1. The fourth-order valence-electron chi connectivity index (χ4n) is 3.29. The summed E-state index contributed by atoms with van der Waals surface area (Å²) in [5.41, 5.74) is 1.42. The fourth-order valence-corrected chi connectivity index (χ4v) is 3.29. The van der Waals surface area contributed by atoms with E-state index in [4.69, 9.17) is 9.47 Å². The molecule has 1 saturated heterocycles. The van der Waals surface area contributed by atoms with Crippen molar-refractivity contribution in [3.63, 3.8) is 0 Å². The molecule has 154 valence electrons. The van der Waals surface area contributed by atoms with Gasteiger partial charge in [0.2, 0.25) is 5.91 Å². The van der Waals surface area contributed by atoms with E-state index in [1.165, 1.54) is 10.6 Å². The zero-order chi connectivity index (χ0) is 20.8. The zero-order valence-electron chi connectivity index (χ0n) is 16.7. The molecule has 1 amide bonds. The van der Waals surface area contributed by atoms with E-state index in [0.29, 0.717) is 31.8 Å². The SMILES string of the molecule is C/C=C(/OCCn1cc(N2CCC(O)CC2=O)ccc1=O)c1ccc(OC)cc1. The van der Waals surface area contributed by atoms with E-state index in [0.717, 1.165) is 17.1 Å². The lowest BCUT2D eigenvalue weighted by atomic mass is 10.1. The highest BCUT2D eigenvalue weighted by Gasteiger charge is 2.25. The Morgan fingerprint density at radius 1 is 1.21 bits per heavy atom. The summed E-state index contributed by atoms with van der Waals surface area (Å²) >= 11 is 0. The van der Waals surface area contributed by atoms with Gasteiger partial charge in [-0.25, -0.2) is 0 Å². The molecule has 7 nitrogen and oxygen atoms in total. The minimum Gasteiger partial charge on any atom is -0.497 e. The van der Waals surface area contributed by atoms with Crippen molar-refractivity contribution in [2.75, 3.05) is 25.2 Å². The number of anilines is 1. The minimum absolute atomic E-state index is 0.106. The molecular formula is C22H26N2O5. The van der Waals surface area contributed by atoms with Gasteiger partial charge in [-0.05, 0) is 49.8 Å². The number of ether oxygens (including phenoxy) is 2. The molecule has 1 aromatic heterocycles. The van der Waals surface area contributed by atoms with Crippen molar-refractivity contribution in [2.24, 2.45) is 0 Å². The Kier molecular flexibility index (Phi) is 6.72. The Morgan fingerprint density at radius 2 is 1.97 bits per heavy atom. The summed E-state index contributed by atoms with van der Waals surface area (Å²) in [6.07, 6.45) is 3.59. The first-order chi connectivity index (χ1) is 14.0. The van der Waals surface area contributed by atoms with Crippen LogP contribution in [0.1, 0.15) is 25.3 Å². The highest BCUT2D eigenvalue weighted by Crippen LogP contribution is 2.21. The van der Waals surface area contributed by atoms with Crippen LogP contribution in [0.2, 0.25) is 0 Å². The number of hydrogen-bond acceptors (Lipinski definition) is 5. The molecule has 29 heavy (non-hydrogen) atoms. The molecule has 1 aliphatic rings. The van der Waals surface area contributed by atoms with Gasteiger partial charge in [0.25, 0.3) is 5.56 Å². The summed E-state index contributed by atoms with van der Waals surface area (Å²) in [5, 5.41) is 9.63. The van der Waals surface area contributed by atoms with Crippen molar-refractivity contribution in [1.29, 1.82) is 0 Å². The zero-order valence-corrected chi connectivity index (χ0v) is 16.7. The first kappa shape index (κ1) is 20.7. The van der Waals surface area contributed by atoms with Gasteiger partial charge in [0, 0.05) is 24.4 Å². The molecule has 1 atom stereocenters. The normalized spacial score (nSPS) is 17.3. The van der Waals surface area contributed by atoms with Gasteiger partial charge in [-0.1, -0.05) is 0 Å². The van der Waals surface area contributed by atoms with Gasteiger partial charge in [0.15, 0.2) is 0 Å². The topological polar surface area (TPSA) is 81.0 Å². The average Bonchev–Trinajstić information content (AvgIpc) is 2.73. The summed E-state index contributed by atoms with van der Waals surface area (Å²) < 4.78 is 12.6. The van der Waals surface area contributed by atoms with Crippen LogP contribution in [0.5, 0.6) is 5.75 Å². The molecule has 0 saturated carbocycles. The summed E-state index contributed by atoms with van der Waals surface area (Å²) in [5.74, 6) is 1.35. The molecule has 7 heteroatoms. The number of pyridine rings is 1. The third-order valence-corrected chi connectivity index (χ3v) is 4.90. The Bertz CT molecular complexity index is 933. The van der Waals surface area contributed by atoms with E-state index in [-0.39, 0.29) is 17.9 Å². The summed E-state index contributed by atoms with van der Waals surface area (Å²) in [6, 6.07) is 10.7. The first-order valence-corrected chi connectivity index (χ1v) is 9.64. The van der Waals surface area contributed by atoms with Crippen LogP contribution in [-0.2, 0) is 16.1 Å². The van der Waals surface area contributed by atoms with E-state index in [1.54, 1.807) is 24.3 Å². The maximum atomic E-state index is 12.2. The molecule has 0 spiro atoms. The van der Waals surface area contributed by atoms with Crippen LogP contribution >= 0.6 is 0 Å². The van der Waals surface area contributed by atoms with Crippen molar-refractivity contribution in [1.82, 2.24) is 4.57 Å². The van der Waals surface area contributed by atoms with Gasteiger partial charge in [-0.3, -0.25) is 9.59 Å². The molecular weight excluding hydrogens is 372 g/mol. The van der Waals surface area contributed by atoms with Crippen LogP contribution in [-0.4, -0.2) is 41.9 Å². The second-order valence-electron chi connectivity index (χ2n) is 6.84. The van der Waals surface area contributed by atoms with Crippen molar-refractivity contribution < 1.29 is 19.4 Å². The minimum atomic E-state index is -0.588. The number of rotatable bonds is 7. The number of aliphatic hydroxyl groups excluding tert-OH is 1. The quantitative estimate of drug-likeness (QED) is 0.725. The molecule has 1 unspecified atom stereocenters. The lowest BCUT2D eigenvalue weighted by Crippen LogP contribution is -2.41. The Hall–Kier alpha value is -3.06. The van der Waals surface area contributed by atoms with Crippen molar-refractivity contribution in [3.8, 4) is 5.75 Å². The Morgan fingerprint density at radius 3 is 2.62 bits per heavy atom. The molecule has 0 bridgehead atoms. The van der Waals surface area contributed by atoms with Gasteiger partial charge in [0.1, 0.15) is 18.1 Å². The van der Waals surface area contributed by atoms with Crippen LogP contribution in [0.3, 0.4) is 0 Å². The number of aromatic nitrogens is 1. The number of aliphatic hydroxyl groups is 1. The maximum absolute atomic E-state index is 12.2. The van der Waals surface area contributed by atoms with Gasteiger partial charge >= 0.3 is 0 Å². The van der Waals surface area contributed by atoms with Gasteiger partial charge < -0.3 is 24.0 Å². The molecule has 0 aliphatic carbocycles. The van der Waals surface area contributed by atoms with E-state index < -0.39 is 6.10 Å². The Labute approximate surface area is 169 Å². The van der Waals surface area contributed by atoms with Crippen LogP contribution in [0, 0.1) is 0 Å². The van der Waals surface area contributed by atoms with E-state index in [1.807, 2.05) is 37.3 Å². The molecule has 1 aromatic carbocycles. The predicted octanol–water partition coefficient (Wildman–Crippen LogP) is 2.42. The molecule has 2 heterocycles. The smallest absolute Gasteiger partial charge is 0.250 e. The van der Waals surface area contributed by atoms with Crippen LogP contribution in [0.15, 0.2) is 53.5 Å². The van der Waals surface area contributed by atoms with Gasteiger partial charge in [0.05, 0.1) is 31.9 Å². The van der Waals surface area contributed by atoms with Crippen LogP contribution < -0.4 is 15.2 Å². The van der Waals surface area contributed by atoms with E-state index in [2.05, 4.69) is 0 Å². The summed E-state index contributed by atoms with van der Waals surface area (Å²) in [6.45, 7) is 2.99. The Balaban J connectivity index is 1.65. The maximum Gasteiger partial charge on any atom is 0.250 e. The first-order valence-electron chi connectivity index (χ1n) is 9.64. The molecule has 1 aliphatic heterocycles. The highest BCUT2D eigenvalue weighted by molar-refractivity contribution is 5.94. The number of methoxy groups -OCH3 is 1. The van der Waals surface area contributed by atoms with Gasteiger partial charge in [-0.2, -0.15) is 0 Å². The molecule has 0 radical (unpaired) electrons. The fraction of sp³-hybridized carbons (Fsp3) is 0.364. The molecule has 3 rings (SSSR count). The number of hydrogen-bond donors (Lipinski definition) is 1. The second kappa shape index (κ2) is 9.43. The number of piperidine rings is 1.